The molecule has 0 atom stereocenters. The minimum atomic E-state index is -0.383. The summed E-state index contributed by atoms with van der Waals surface area (Å²) < 4.78 is 7.04. The fourth-order valence-corrected chi connectivity index (χ4v) is 3.88. The first-order valence-electron chi connectivity index (χ1n) is 7.78. The van der Waals surface area contributed by atoms with Crippen LogP contribution in [0, 0.1) is 0 Å². The highest BCUT2D eigenvalue weighted by molar-refractivity contribution is 8.12. The van der Waals surface area contributed by atoms with E-state index >= 15 is 0 Å². The van der Waals surface area contributed by atoms with Crippen molar-refractivity contribution in [2.75, 3.05) is 0 Å². The van der Waals surface area contributed by atoms with Crippen LogP contribution in [-0.2, 0) is 11.3 Å². The number of carbonyl (C=O) groups is 1. The number of ether oxygens (including phenoxy) is 1. The molecule has 0 unspecified atom stereocenters. The summed E-state index contributed by atoms with van der Waals surface area (Å²) in [7, 11) is 0. The molecule has 0 radical (unpaired) electrons. The summed E-state index contributed by atoms with van der Waals surface area (Å²) in [6.45, 7) is 0.251. The van der Waals surface area contributed by atoms with Crippen LogP contribution in [0.1, 0.15) is 5.56 Å². The zero-order valence-electron chi connectivity index (χ0n) is 13.4. The molecule has 3 nitrogen and oxygen atoms in total. The lowest BCUT2D eigenvalue weighted by molar-refractivity contribution is 0.135. The molecule has 0 N–H and O–H groups in total. The highest BCUT2D eigenvalue weighted by Crippen LogP contribution is 2.34. The van der Waals surface area contributed by atoms with Gasteiger partial charge in [-0.2, -0.15) is 3.71 Å². The Kier molecular flexibility index (Phi) is 6.42. The second kappa shape index (κ2) is 9.20. The third-order valence-electron chi connectivity index (χ3n) is 3.22. The van der Waals surface area contributed by atoms with E-state index in [0.29, 0.717) is 0 Å². The summed E-state index contributed by atoms with van der Waals surface area (Å²) in [5.41, 5.74) is 0.963. The van der Waals surface area contributed by atoms with Gasteiger partial charge in [0.15, 0.2) is 0 Å². The van der Waals surface area contributed by atoms with Gasteiger partial charge in [0, 0.05) is 33.7 Å². The van der Waals surface area contributed by atoms with Crippen molar-refractivity contribution in [3.8, 4) is 0 Å². The number of amides is 1. The quantitative estimate of drug-likeness (QED) is 0.497. The molecule has 25 heavy (non-hydrogen) atoms. The summed E-state index contributed by atoms with van der Waals surface area (Å²) in [5.74, 6) is 0. The van der Waals surface area contributed by atoms with E-state index in [-0.39, 0.29) is 12.7 Å². The van der Waals surface area contributed by atoms with E-state index in [1.807, 2.05) is 91.0 Å². The van der Waals surface area contributed by atoms with Crippen molar-refractivity contribution in [2.45, 2.75) is 16.4 Å². The number of carbonyl (C=O) groups excluding carboxylic acids is 1. The van der Waals surface area contributed by atoms with Crippen LogP contribution in [0.15, 0.2) is 101 Å². The van der Waals surface area contributed by atoms with Crippen LogP contribution >= 0.6 is 23.9 Å². The average Bonchev–Trinajstić information content (AvgIpc) is 2.68. The van der Waals surface area contributed by atoms with Crippen molar-refractivity contribution in [3.63, 3.8) is 0 Å². The number of hydrogen-bond donors (Lipinski definition) is 0. The van der Waals surface area contributed by atoms with Gasteiger partial charge in [0.1, 0.15) is 6.61 Å². The maximum absolute atomic E-state index is 12.6. The first-order chi connectivity index (χ1) is 12.3. The summed E-state index contributed by atoms with van der Waals surface area (Å²) >= 11 is 2.70. The van der Waals surface area contributed by atoms with Crippen LogP contribution in [0.25, 0.3) is 0 Å². The van der Waals surface area contributed by atoms with Gasteiger partial charge >= 0.3 is 6.09 Å². The van der Waals surface area contributed by atoms with Gasteiger partial charge in [0.25, 0.3) is 0 Å². The second-order valence-electron chi connectivity index (χ2n) is 5.11. The van der Waals surface area contributed by atoms with Gasteiger partial charge in [-0.15, -0.1) is 0 Å². The van der Waals surface area contributed by atoms with Crippen LogP contribution < -0.4 is 0 Å². The van der Waals surface area contributed by atoms with Crippen LogP contribution in [-0.4, -0.2) is 9.80 Å². The molecule has 0 saturated heterocycles. The van der Waals surface area contributed by atoms with E-state index in [4.69, 9.17) is 4.74 Å². The topological polar surface area (TPSA) is 29.5 Å². The molecular weight excluding hydrogens is 350 g/mol. The molecule has 3 rings (SSSR count). The first-order valence-corrected chi connectivity index (χ1v) is 9.33. The third-order valence-corrected chi connectivity index (χ3v) is 5.26. The van der Waals surface area contributed by atoms with Crippen molar-refractivity contribution in [1.29, 1.82) is 0 Å². The Morgan fingerprint density at radius 1 is 0.720 bits per heavy atom. The predicted octanol–water partition coefficient (Wildman–Crippen LogP) is 6.04. The lowest BCUT2D eigenvalue weighted by Gasteiger charge is -2.19. The van der Waals surface area contributed by atoms with Crippen LogP contribution in [0.3, 0.4) is 0 Å². The molecule has 0 aliphatic heterocycles. The van der Waals surface area contributed by atoms with Gasteiger partial charge in [0.2, 0.25) is 0 Å². The monoisotopic (exact) mass is 367 g/mol. The Hall–Kier alpha value is -2.37. The van der Waals surface area contributed by atoms with E-state index in [9.17, 15) is 4.79 Å². The van der Waals surface area contributed by atoms with Gasteiger partial charge in [-0.05, 0) is 29.8 Å². The highest BCUT2D eigenvalue weighted by Gasteiger charge is 2.19. The number of nitrogens with zero attached hydrogens (tertiary/aromatic N) is 1. The number of hydrogen-bond acceptors (Lipinski definition) is 4. The summed E-state index contributed by atoms with van der Waals surface area (Å²) in [5, 5.41) is 0. The van der Waals surface area contributed by atoms with Crippen molar-refractivity contribution in [1.82, 2.24) is 3.71 Å². The van der Waals surface area contributed by atoms with Gasteiger partial charge in [-0.1, -0.05) is 66.7 Å². The molecule has 0 saturated carbocycles. The number of rotatable bonds is 6. The van der Waals surface area contributed by atoms with Crippen molar-refractivity contribution in [3.05, 3.63) is 96.6 Å². The van der Waals surface area contributed by atoms with Gasteiger partial charge in [-0.25, -0.2) is 4.79 Å². The normalized spacial score (nSPS) is 10.2. The summed E-state index contributed by atoms with van der Waals surface area (Å²) in [4.78, 5) is 14.5. The Balaban J connectivity index is 1.69. The van der Waals surface area contributed by atoms with Crippen molar-refractivity contribution >= 4 is 30.0 Å². The molecule has 126 valence electrons. The molecule has 0 bridgehead atoms. The Morgan fingerprint density at radius 2 is 1.16 bits per heavy atom. The molecular formula is C20H17NO2S2. The molecule has 0 heterocycles. The standard InChI is InChI=1S/C20H17NO2S2/c22-20(23-16-17-10-4-1-5-11-17)21(24-18-12-6-2-7-13-18)25-19-14-8-3-9-15-19/h1-15H,16H2. The molecule has 0 spiro atoms. The molecule has 5 heteroatoms. The summed E-state index contributed by atoms with van der Waals surface area (Å²) in [6.07, 6.45) is -0.383. The summed E-state index contributed by atoms with van der Waals surface area (Å²) in [6, 6.07) is 29.2. The molecule has 0 aliphatic rings. The molecule has 1 amide bonds. The molecule has 0 aliphatic carbocycles. The minimum absolute atomic E-state index is 0.251. The molecule has 3 aromatic rings. The molecule has 0 fully saturated rings. The Morgan fingerprint density at radius 3 is 1.64 bits per heavy atom. The van der Waals surface area contributed by atoms with Gasteiger partial charge in [0.05, 0.1) is 0 Å². The maximum atomic E-state index is 12.6. The number of benzene rings is 3. The first kappa shape index (κ1) is 17.5. The second-order valence-corrected chi connectivity index (χ2v) is 7.38. The van der Waals surface area contributed by atoms with E-state index in [1.54, 1.807) is 3.71 Å². The van der Waals surface area contributed by atoms with Crippen LogP contribution in [0.5, 0.6) is 0 Å². The van der Waals surface area contributed by atoms with E-state index in [2.05, 4.69) is 0 Å². The lowest BCUT2D eigenvalue weighted by atomic mass is 10.2. The SMILES string of the molecule is O=C(OCc1ccccc1)N(Sc1ccccc1)Sc1ccccc1. The Bertz CT molecular complexity index is 741. The smallest absolute Gasteiger partial charge is 0.431 e. The molecule has 0 aromatic heterocycles. The van der Waals surface area contributed by atoms with E-state index < -0.39 is 0 Å². The fourth-order valence-electron chi connectivity index (χ4n) is 2.02. The van der Waals surface area contributed by atoms with Crippen LogP contribution in [0.4, 0.5) is 4.79 Å². The third kappa shape index (κ3) is 5.59. The van der Waals surface area contributed by atoms with Gasteiger partial charge < -0.3 is 4.74 Å². The largest absolute Gasteiger partial charge is 0.443 e. The van der Waals surface area contributed by atoms with E-state index in [1.165, 1.54) is 23.9 Å². The zero-order valence-corrected chi connectivity index (χ0v) is 15.1. The predicted molar refractivity (Wildman–Crippen MR) is 103 cm³/mol. The van der Waals surface area contributed by atoms with E-state index in [0.717, 1.165) is 15.4 Å². The van der Waals surface area contributed by atoms with Crippen molar-refractivity contribution < 1.29 is 9.53 Å². The van der Waals surface area contributed by atoms with Gasteiger partial charge in [-0.3, -0.25) is 0 Å². The lowest BCUT2D eigenvalue weighted by Crippen LogP contribution is -2.18. The van der Waals surface area contributed by atoms with Crippen LogP contribution in [0.2, 0.25) is 0 Å². The average molecular weight is 367 g/mol. The Labute approximate surface area is 156 Å². The zero-order chi connectivity index (χ0) is 17.3. The minimum Gasteiger partial charge on any atom is -0.443 e. The van der Waals surface area contributed by atoms with Crippen molar-refractivity contribution in [2.24, 2.45) is 0 Å². The highest BCUT2D eigenvalue weighted by atomic mass is 32.2. The fraction of sp³-hybridized carbons (Fsp3) is 0.0500. The molecule has 3 aromatic carbocycles. The maximum Gasteiger partial charge on any atom is 0.431 e.